The van der Waals surface area contributed by atoms with Crippen molar-refractivity contribution in [3.8, 4) is 5.75 Å². The fraction of sp³-hybridized carbons (Fsp3) is 0.500. The van der Waals surface area contributed by atoms with E-state index in [1.165, 1.54) is 32.1 Å². The fourth-order valence-corrected chi connectivity index (χ4v) is 3.66. The highest BCUT2D eigenvalue weighted by molar-refractivity contribution is 5.97. The smallest absolute Gasteiger partial charge is 0.228 e. The molecular weight excluding hydrogens is 348 g/mol. The maximum Gasteiger partial charge on any atom is 0.228 e. The monoisotopic (exact) mass is 382 g/mol. The van der Waals surface area contributed by atoms with Crippen molar-refractivity contribution in [3.63, 3.8) is 0 Å². The van der Waals surface area contributed by atoms with Gasteiger partial charge in [0, 0.05) is 29.9 Å². The Balaban J connectivity index is 2.10. The van der Waals surface area contributed by atoms with Crippen LogP contribution in [-0.4, -0.2) is 25.8 Å². The van der Waals surface area contributed by atoms with Gasteiger partial charge in [-0.3, -0.25) is 9.79 Å². The first-order valence-electron chi connectivity index (χ1n) is 10.3. The summed E-state index contributed by atoms with van der Waals surface area (Å²) in [6.07, 6.45) is 11.6. The lowest BCUT2D eigenvalue weighted by Gasteiger charge is -2.21. The number of hydrogen-bond acceptors (Lipinski definition) is 3. The van der Waals surface area contributed by atoms with Crippen LogP contribution in [0.3, 0.4) is 0 Å². The van der Waals surface area contributed by atoms with E-state index in [2.05, 4.69) is 30.2 Å². The molecule has 0 saturated heterocycles. The van der Waals surface area contributed by atoms with Gasteiger partial charge < -0.3 is 10.1 Å². The summed E-state index contributed by atoms with van der Waals surface area (Å²) < 4.78 is 5.36. The summed E-state index contributed by atoms with van der Waals surface area (Å²) in [6.45, 7) is 4.16. The minimum absolute atomic E-state index is 0.0374. The number of para-hydroxylation sites is 1. The number of rotatable bonds is 8. The van der Waals surface area contributed by atoms with Crippen molar-refractivity contribution in [2.45, 2.75) is 58.8 Å². The van der Waals surface area contributed by atoms with Gasteiger partial charge in [0.15, 0.2) is 0 Å². The normalized spacial score (nSPS) is 16.8. The Kier molecular flexibility index (Phi) is 8.99. The quantitative estimate of drug-likeness (QED) is 0.493. The van der Waals surface area contributed by atoms with Crippen LogP contribution < -0.4 is 10.1 Å². The summed E-state index contributed by atoms with van der Waals surface area (Å²) in [6, 6.07) is 7.64. The zero-order valence-electron chi connectivity index (χ0n) is 17.8. The van der Waals surface area contributed by atoms with E-state index in [-0.39, 0.29) is 12.3 Å². The van der Waals surface area contributed by atoms with Crippen molar-refractivity contribution in [2.75, 3.05) is 14.2 Å². The number of allylic oxidation sites excluding steroid dienone is 3. The molecule has 4 heteroatoms. The van der Waals surface area contributed by atoms with Gasteiger partial charge in [-0.15, -0.1) is 0 Å². The highest BCUT2D eigenvalue weighted by atomic mass is 16.5. The van der Waals surface area contributed by atoms with Gasteiger partial charge in [-0.25, -0.2) is 0 Å². The Morgan fingerprint density at radius 2 is 1.93 bits per heavy atom. The molecule has 1 aromatic carbocycles. The van der Waals surface area contributed by atoms with E-state index in [1.54, 1.807) is 7.11 Å². The lowest BCUT2D eigenvalue weighted by molar-refractivity contribution is -0.119. The number of ether oxygens (including phenoxy) is 1. The molecule has 0 aromatic heterocycles. The van der Waals surface area contributed by atoms with Gasteiger partial charge in [-0.2, -0.15) is 0 Å². The SMILES string of the molecule is CC/C(C)=C(/C=C\C(=NC)C1CCCCC1)NC(=O)Cc1ccccc1OC. The van der Waals surface area contributed by atoms with E-state index >= 15 is 0 Å². The van der Waals surface area contributed by atoms with E-state index in [0.717, 1.165) is 34.7 Å². The zero-order valence-corrected chi connectivity index (χ0v) is 17.8. The van der Waals surface area contributed by atoms with Crippen LogP contribution >= 0.6 is 0 Å². The van der Waals surface area contributed by atoms with Crippen LogP contribution in [0.25, 0.3) is 0 Å². The van der Waals surface area contributed by atoms with E-state index in [1.807, 2.05) is 37.4 Å². The summed E-state index contributed by atoms with van der Waals surface area (Å²) in [5.41, 5.74) is 4.06. The maximum atomic E-state index is 12.7. The zero-order chi connectivity index (χ0) is 20.4. The summed E-state index contributed by atoms with van der Waals surface area (Å²) in [7, 11) is 3.49. The molecule has 1 aliphatic rings. The molecule has 2 rings (SSSR count). The number of nitrogens with one attached hydrogen (secondary N) is 1. The van der Waals surface area contributed by atoms with E-state index in [9.17, 15) is 4.79 Å². The number of nitrogens with zero attached hydrogens (tertiary/aromatic N) is 1. The average Bonchev–Trinajstić information content (AvgIpc) is 2.73. The van der Waals surface area contributed by atoms with E-state index < -0.39 is 0 Å². The first-order valence-corrected chi connectivity index (χ1v) is 10.3. The number of methoxy groups -OCH3 is 1. The predicted octanol–water partition coefficient (Wildman–Crippen LogP) is 5.25. The second-order valence-corrected chi connectivity index (χ2v) is 7.40. The number of carbonyl (C=O) groups is 1. The Morgan fingerprint density at radius 3 is 2.57 bits per heavy atom. The third kappa shape index (κ3) is 6.36. The molecule has 0 aliphatic heterocycles. The molecule has 0 atom stereocenters. The van der Waals surface area contributed by atoms with Crippen molar-refractivity contribution < 1.29 is 9.53 Å². The van der Waals surface area contributed by atoms with Crippen LogP contribution in [0.2, 0.25) is 0 Å². The standard InChI is InChI=1S/C24H34N2O2/c1-5-18(2)21(15-16-22(25-3)19-11-7-6-8-12-19)26-24(27)17-20-13-9-10-14-23(20)28-4/h9-10,13-16,19H,5-8,11-12,17H2,1-4H3,(H,26,27)/b16-15-,21-18-,25-22?. The number of carbonyl (C=O) groups excluding carboxylic acids is 1. The van der Waals surface area contributed by atoms with E-state index in [4.69, 9.17) is 4.74 Å². The van der Waals surface area contributed by atoms with Gasteiger partial charge in [-0.05, 0) is 50.0 Å². The summed E-state index contributed by atoms with van der Waals surface area (Å²) in [5, 5.41) is 3.09. The Morgan fingerprint density at radius 1 is 1.21 bits per heavy atom. The van der Waals surface area contributed by atoms with Gasteiger partial charge >= 0.3 is 0 Å². The largest absolute Gasteiger partial charge is 0.496 e. The van der Waals surface area contributed by atoms with Crippen molar-refractivity contribution in [1.29, 1.82) is 0 Å². The minimum atomic E-state index is -0.0374. The first kappa shape index (κ1) is 21.9. The number of benzene rings is 1. The molecule has 152 valence electrons. The first-order chi connectivity index (χ1) is 13.6. The van der Waals surface area contributed by atoms with Gasteiger partial charge in [0.1, 0.15) is 5.75 Å². The number of hydrogen-bond donors (Lipinski definition) is 1. The molecule has 0 heterocycles. The van der Waals surface area contributed by atoms with Gasteiger partial charge in [0.2, 0.25) is 5.91 Å². The van der Waals surface area contributed by atoms with Crippen molar-refractivity contribution in [1.82, 2.24) is 5.32 Å². The average molecular weight is 383 g/mol. The summed E-state index contributed by atoms with van der Waals surface area (Å²) in [4.78, 5) is 17.2. The molecule has 1 N–H and O–H groups in total. The van der Waals surface area contributed by atoms with Crippen LogP contribution in [0.1, 0.15) is 57.9 Å². The van der Waals surface area contributed by atoms with E-state index in [0.29, 0.717) is 5.92 Å². The third-order valence-electron chi connectivity index (χ3n) is 5.51. The summed E-state index contributed by atoms with van der Waals surface area (Å²) >= 11 is 0. The second-order valence-electron chi connectivity index (χ2n) is 7.40. The molecule has 0 spiro atoms. The molecule has 1 amide bonds. The van der Waals surface area contributed by atoms with Crippen LogP contribution in [0, 0.1) is 5.92 Å². The Labute approximate surface area is 169 Å². The van der Waals surface area contributed by atoms with Gasteiger partial charge in [0.25, 0.3) is 0 Å². The lowest BCUT2D eigenvalue weighted by atomic mass is 9.85. The third-order valence-corrected chi connectivity index (χ3v) is 5.51. The molecule has 0 unspecified atom stereocenters. The van der Waals surface area contributed by atoms with Gasteiger partial charge in [-0.1, -0.05) is 44.4 Å². The minimum Gasteiger partial charge on any atom is -0.496 e. The highest BCUT2D eigenvalue weighted by Crippen LogP contribution is 2.25. The molecular formula is C24H34N2O2. The van der Waals surface area contributed by atoms with Crippen molar-refractivity contribution in [3.05, 3.63) is 53.3 Å². The molecule has 1 aliphatic carbocycles. The predicted molar refractivity (Wildman–Crippen MR) is 117 cm³/mol. The lowest BCUT2D eigenvalue weighted by Crippen LogP contribution is -2.25. The number of aliphatic imine (C=N–C) groups is 1. The molecule has 4 nitrogen and oxygen atoms in total. The highest BCUT2D eigenvalue weighted by Gasteiger charge is 2.17. The molecule has 0 radical (unpaired) electrons. The Bertz CT molecular complexity index is 741. The molecule has 1 aromatic rings. The molecule has 28 heavy (non-hydrogen) atoms. The van der Waals surface area contributed by atoms with Crippen molar-refractivity contribution in [2.24, 2.45) is 10.9 Å². The molecule has 1 fully saturated rings. The van der Waals surface area contributed by atoms with Crippen LogP contribution in [-0.2, 0) is 11.2 Å². The Hall–Kier alpha value is -2.36. The number of amides is 1. The molecule has 1 saturated carbocycles. The van der Waals surface area contributed by atoms with Crippen LogP contribution in [0.4, 0.5) is 0 Å². The fourth-order valence-electron chi connectivity index (χ4n) is 3.66. The van der Waals surface area contributed by atoms with Crippen LogP contribution in [0.5, 0.6) is 5.75 Å². The van der Waals surface area contributed by atoms with Crippen LogP contribution in [0.15, 0.2) is 52.7 Å². The topological polar surface area (TPSA) is 50.7 Å². The summed E-state index contributed by atoms with van der Waals surface area (Å²) in [5.74, 6) is 1.25. The second kappa shape index (κ2) is 11.5. The molecule has 0 bridgehead atoms. The maximum absolute atomic E-state index is 12.7. The van der Waals surface area contributed by atoms with Gasteiger partial charge in [0.05, 0.1) is 13.5 Å². The van der Waals surface area contributed by atoms with Crippen molar-refractivity contribution >= 4 is 11.6 Å².